The van der Waals surface area contributed by atoms with Crippen molar-refractivity contribution in [2.75, 3.05) is 5.73 Å². The number of nitrogen functional groups attached to an aromatic ring is 1. The molecule has 0 amide bonds. The fourth-order valence-corrected chi connectivity index (χ4v) is 2.09. The van der Waals surface area contributed by atoms with Crippen LogP contribution in [-0.4, -0.2) is 9.97 Å². The normalized spacial score (nSPS) is 10.8. The Hall–Kier alpha value is -0.580. The lowest BCUT2D eigenvalue weighted by Crippen LogP contribution is -1.81. The number of hydrogen-bond donors (Lipinski definition) is 1. The molecule has 0 atom stereocenters. The highest BCUT2D eigenvalue weighted by Crippen LogP contribution is 2.30. The van der Waals surface area contributed by atoms with Crippen LogP contribution in [0.25, 0.3) is 10.3 Å². The molecule has 3 nitrogen and oxygen atoms in total. The van der Waals surface area contributed by atoms with E-state index in [9.17, 15) is 0 Å². The molecule has 0 aliphatic rings. The maximum Gasteiger partial charge on any atom is 0.182 e. The van der Waals surface area contributed by atoms with Crippen LogP contribution in [0.4, 0.5) is 5.13 Å². The molecular weight excluding hydrogens is 217 g/mol. The van der Waals surface area contributed by atoms with Crippen molar-refractivity contribution in [3.05, 3.63) is 16.2 Å². The fraction of sp³-hybridized carbons (Fsp3) is 0. The van der Waals surface area contributed by atoms with Gasteiger partial charge in [-0.15, -0.1) is 0 Å². The molecule has 0 saturated carbocycles. The van der Waals surface area contributed by atoms with Gasteiger partial charge in [0.25, 0.3) is 0 Å². The Bertz CT molecular complexity index is 440. The lowest BCUT2D eigenvalue weighted by atomic mass is 10.5. The van der Waals surface area contributed by atoms with Crippen LogP contribution < -0.4 is 5.73 Å². The number of rotatable bonds is 0. The highest BCUT2D eigenvalue weighted by atomic mass is 35.5. The van der Waals surface area contributed by atoms with Crippen LogP contribution in [0.2, 0.25) is 10.2 Å². The summed E-state index contributed by atoms with van der Waals surface area (Å²) in [6.07, 6.45) is 0. The summed E-state index contributed by atoms with van der Waals surface area (Å²) < 4.78 is 0.776. The van der Waals surface area contributed by atoms with E-state index in [0.717, 1.165) is 4.70 Å². The lowest BCUT2D eigenvalue weighted by Gasteiger charge is -1.91. The SMILES string of the molecule is Nc1nc2nc(Cl)cc(Cl)c2s1. The fourth-order valence-electron chi connectivity index (χ4n) is 0.863. The van der Waals surface area contributed by atoms with Gasteiger partial charge in [-0.2, -0.15) is 0 Å². The van der Waals surface area contributed by atoms with Crippen molar-refractivity contribution in [2.45, 2.75) is 0 Å². The van der Waals surface area contributed by atoms with Gasteiger partial charge in [0.05, 0.1) is 9.72 Å². The molecule has 0 fully saturated rings. The number of thiazole rings is 1. The van der Waals surface area contributed by atoms with Gasteiger partial charge in [-0.1, -0.05) is 34.5 Å². The number of hydrogen-bond acceptors (Lipinski definition) is 4. The standard InChI is InChI=1S/C6H3Cl2N3S/c7-2-1-3(8)10-5-4(2)12-6(9)11-5/h1H,(H2,9,10,11). The average Bonchev–Trinajstić information content (AvgIpc) is 2.29. The number of nitrogens with two attached hydrogens (primary N) is 1. The number of aromatic nitrogens is 2. The third-order valence-corrected chi connectivity index (χ3v) is 2.81. The minimum atomic E-state index is 0.331. The Balaban J connectivity index is 2.88. The van der Waals surface area contributed by atoms with Crippen molar-refractivity contribution >= 4 is 50.0 Å². The van der Waals surface area contributed by atoms with Gasteiger partial charge in [0.2, 0.25) is 0 Å². The van der Waals surface area contributed by atoms with Crippen LogP contribution in [0.1, 0.15) is 0 Å². The van der Waals surface area contributed by atoms with E-state index < -0.39 is 0 Å². The molecule has 62 valence electrons. The monoisotopic (exact) mass is 219 g/mol. The first-order valence-electron chi connectivity index (χ1n) is 3.05. The number of pyridine rings is 1. The maximum atomic E-state index is 5.87. The third kappa shape index (κ3) is 1.22. The second kappa shape index (κ2) is 2.73. The second-order valence-electron chi connectivity index (χ2n) is 2.13. The molecule has 12 heavy (non-hydrogen) atoms. The van der Waals surface area contributed by atoms with Crippen LogP contribution in [0, 0.1) is 0 Å². The predicted octanol–water partition coefficient (Wildman–Crippen LogP) is 2.58. The van der Waals surface area contributed by atoms with Crippen molar-refractivity contribution in [3.8, 4) is 0 Å². The molecule has 0 aliphatic heterocycles. The van der Waals surface area contributed by atoms with Gasteiger partial charge in [0, 0.05) is 0 Å². The summed E-state index contributed by atoms with van der Waals surface area (Å²) >= 11 is 12.8. The van der Waals surface area contributed by atoms with E-state index in [0.29, 0.717) is 21.0 Å². The van der Waals surface area contributed by atoms with Gasteiger partial charge < -0.3 is 5.73 Å². The van der Waals surface area contributed by atoms with Crippen LogP contribution in [0.3, 0.4) is 0 Å². The zero-order chi connectivity index (χ0) is 8.72. The van der Waals surface area contributed by atoms with Gasteiger partial charge >= 0.3 is 0 Å². The van der Waals surface area contributed by atoms with E-state index in [1.54, 1.807) is 6.07 Å². The molecule has 2 rings (SSSR count). The first kappa shape index (κ1) is 8.04. The molecule has 6 heteroatoms. The van der Waals surface area contributed by atoms with E-state index in [1.165, 1.54) is 11.3 Å². The van der Waals surface area contributed by atoms with E-state index in [2.05, 4.69) is 9.97 Å². The molecule has 0 unspecified atom stereocenters. The van der Waals surface area contributed by atoms with Crippen molar-refractivity contribution in [2.24, 2.45) is 0 Å². The zero-order valence-corrected chi connectivity index (χ0v) is 8.04. The third-order valence-electron chi connectivity index (χ3n) is 1.30. The molecule has 2 aromatic rings. The first-order valence-corrected chi connectivity index (χ1v) is 4.62. The molecule has 0 bridgehead atoms. The van der Waals surface area contributed by atoms with Crippen LogP contribution >= 0.6 is 34.5 Å². The molecular formula is C6H3Cl2N3S. The number of nitrogens with zero attached hydrogens (tertiary/aromatic N) is 2. The Morgan fingerprint density at radius 2 is 2.08 bits per heavy atom. The molecule has 0 spiro atoms. The van der Waals surface area contributed by atoms with Gasteiger partial charge in [-0.25, -0.2) is 9.97 Å². The topological polar surface area (TPSA) is 51.8 Å². The Labute approximate surface area is 82.1 Å². The molecule has 0 radical (unpaired) electrons. The number of fused-ring (bicyclic) bond motifs is 1. The zero-order valence-electron chi connectivity index (χ0n) is 5.71. The molecule has 0 aliphatic carbocycles. The van der Waals surface area contributed by atoms with Crippen LogP contribution in [0.5, 0.6) is 0 Å². The summed E-state index contributed by atoms with van der Waals surface area (Å²) in [5.74, 6) is 0. The van der Waals surface area contributed by atoms with Crippen LogP contribution in [-0.2, 0) is 0 Å². The summed E-state index contributed by atoms with van der Waals surface area (Å²) in [5.41, 5.74) is 5.98. The van der Waals surface area contributed by atoms with Crippen molar-refractivity contribution in [1.82, 2.24) is 9.97 Å². The summed E-state index contributed by atoms with van der Waals surface area (Å²) in [6, 6.07) is 1.57. The van der Waals surface area contributed by atoms with Gasteiger partial charge in [0.1, 0.15) is 5.15 Å². The van der Waals surface area contributed by atoms with Gasteiger partial charge in [0.15, 0.2) is 10.8 Å². The van der Waals surface area contributed by atoms with Crippen LogP contribution in [0.15, 0.2) is 6.07 Å². The van der Waals surface area contributed by atoms with Gasteiger partial charge in [-0.05, 0) is 6.07 Å². The Morgan fingerprint density at radius 3 is 2.83 bits per heavy atom. The maximum absolute atomic E-state index is 5.87. The van der Waals surface area contributed by atoms with Crippen molar-refractivity contribution in [3.63, 3.8) is 0 Å². The smallest absolute Gasteiger partial charge is 0.182 e. The Kier molecular flexibility index (Phi) is 1.83. The first-order chi connectivity index (χ1) is 5.66. The molecule has 2 N–H and O–H groups in total. The van der Waals surface area contributed by atoms with E-state index in [4.69, 9.17) is 28.9 Å². The van der Waals surface area contributed by atoms with E-state index in [-0.39, 0.29) is 0 Å². The van der Waals surface area contributed by atoms with E-state index >= 15 is 0 Å². The predicted molar refractivity (Wildman–Crippen MR) is 51.8 cm³/mol. The lowest BCUT2D eigenvalue weighted by molar-refractivity contribution is 1.33. The summed E-state index contributed by atoms with van der Waals surface area (Å²) in [4.78, 5) is 7.91. The largest absolute Gasteiger partial charge is 0.375 e. The Morgan fingerprint density at radius 1 is 1.33 bits per heavy atom. The van der Waals surface area contributed by atoms with Crippen molar-refractivity contribution in [1.29, 1.82) is 0 Å². The quantitative estimate of drug-likeness (QED) is 0.694. The highest BCUT2D eigenvalue weighted by Gasteiger charge is 2.07. The average molecular weight is 220 g/mol. The second-order valence-corrected chi connectivity index (χ2v) is 3.96. The summed E-state index contributed by atoms with van der Waals surface area (Å²) in [5, 5.41) is 1.32. The van der Waals surface area contributed by atoms with Gasteiger partial charge in [-0.3, -0.25) is 0 Å². The molecule has 0 saturated heterocycles. The molecule has 2 aromatic heterocycles. The minimum absolute atomic E-state index is 0.331. The minimum Gasteiger partial charge on any atom is -0.375 e. The summed E-state index contributed by atoms with van der Waals surface area (Å²) in [6.45, 7) is 0. The molecule has 0 aromatic carbocycles. The molecule has 2 heterocycles. The highest BCUT2D eigenvalue weighted by molar-refractivity contribution is 7.22. The number of anilines is 1. The number of halogens is 2. The summed E-state index contributed by atoms with van der Waals surface area (Å²) in [7, 11) is 0. The van der Waals surface area contributed by atoms with Crippen molar-refractivity contribution < 1.29 is 0 Å². The van der Waals surface area contributed by atoms with E-state index in [1.807, 2.05) is 0 Å².